The second-order valence-corrected chi connectivity index (χ2v) is 6.91. The van der Waals surface area contributed by atoms with Crippen LogP contribution in [0.25, 0.3) is 6.08 Å². The summed E-state index contributed by atoms with van der Waals surface area (Å²) in [4.78, 5) is 23.3. The van der Waals surface area contributed by atoms with E-state index >= 15 is 0 Å². The molecule has 0 saturated carbocycles. The molecule has 2 aromatic rings. The van der Waals surface area contributed by atoms with Gasteiger partial charge >= 0.3 is 5.97 Å². The van der Waals surface area contributed by atoms with Gasteiger partial charge in [0.1, 0.15) is 0 Å². The van der Waals surface area contributed by atoms with Crippen LogP contribution >= 0.6 is 0 Å². The minimum Gasteiger partial charge on any atom is -0.463 e. The fourth-order valence-electron chi connectivity index (χ4n) is 3.75. The molecule has 3 rings (SSSR count). The molecule has 0 bridgehead atoms. The van der Waals surface area contributed by atoms with Crippen LogP contribution in [0.3, 0.4) is 0 Å². The third-order valence-electron chi connectivity index (χ3n) is 5.11. The normalized spacial score (nSPS) is 20.7. The minimum absolute atomic E-state index is 0.237. The van der Waals surface area contributed by atoms with Gasteiger partial charge in [0.05, 0.1) is 35.8 Å². The van der Waals surface area contributed by atoms with Crippen molar-refractivity contribution in [3.05, 3.63) is 65.2 Å². The third kappa shape index (κ3) is 4.61. The SMILES string of the molecule is CCOC(=O)/C=C/c1cccc(C2CCC[C@@H](c3ncccc3C)N2C)n1. The number of pyridine rings is 2. The van der Waals surface area contributed by atoms with E-state index in [9.17, 15) is 4.79 Å². The molecular formula is C22H27N3O2. The highest BCUT2D eigenvalue weighted by molar-refractivity contribution is 5.86. The van der Waals surface area contributed by atoms with E-state index in [2.05, 4.69) is 36.0 Å². The van der Waals surface area contributed by atoms with Gasteiger partial charge in [-0.2, -0.15) is 0 Å². The summed E-state index contributed by atoms with van der Waals surface area (Å²) in [6, 6.07) is 10.6. The smallest absolute Gasteiger partial charge is 0.330 e. The van der Waals surface area contributed by atoms with Crippen molar-refractivity contribution in [1.82, 2.24) is 14.9 Å². The number of carbonyl (C=O) groups is 1. The van der Waals surface area contributed by atoms with Crippen LogP contribution in [0.2, 0.25) is 0 Å². The summed E-state index contributed by atoms with van der Waals surface area (Å²) >= 11 is 0. The van der Waals surface area contributed by atoms with Crippen LogP contribution in [-0.2, 0) is 9.53 Å². The Bertz CT molecular complexity index is 819. The molecule has 2 aromatic heterocycles. The molecule has 0 amide bonds. The highest BCUT2D eigenvalue weighted by Crippen LogP contribution is 2.39. The average Bonchev–Trinajstić information content (AvgIpc) is 2.68. The van der Waals surface area contributed by atoms with Crippen molar-refractivity contribution in [1.29, 1.82) is 0 Å². The average molecular weight is 365 g/mol. The standard InChI is InChI=1S/C22H27N3O2/c1-4-27-21(26)14-13-17-9-5-10-18(24-17)19-11-6-12-20(25(19)3)22-16(2)8-7-15-23-22/h5,7-10,13-15,19-20H,4,6,11-12H2,1-3H3/b14-13+/t19?,20-/m0/s1. The van der Waals surface area contributed by atoms with E-state index in [1.165, 1.54) is 11.6 Å². The number of carbonyl (C=O) groups excluding carboxylic acids is 1. The van der Waals surface area contributed by atoms with Gasteiger partial charge in [0.15, 0.2) is 0 Å². The number of nitrogens with zero attached hydrogens (tertiary/aromatic N) is 3. The number of rotatable bonds is 5. The highest BCUT2D eigenvalue weighted by atomic mass is 16.5. The van der Waals surface area contributed by atoms with E-state index in [4.69, 9.17) is 9.72 Å². The maximum Gasteiger partial charge on any atom is 0.330 e. The Kier molecular flexibility index (Phi) is 6.35. The number of aryl methyl sites for hydroxylation is 1. The number of likely N-dealkylation sites (tertiary alicyclic amines) is 1. The Morgan fingerprint density at radius 1 is 1.26 bits per heavy atom. The van der Waals surface area contributed by atoms with Crippen molar-refractivity contribution < 1.29 is 9.53 Å². The van der Waals surface area contributed by atoms with E-state index in [0.29, 0.717) is 12.6 Å². The van der Waals surface area contributed by atoms with E-state index < -0.39 is 0 Å². The molecule has 1 saturated heterocycles. The summed E-state index contributed by atoms with van der Waals surface area (Å²) < 4.78 is 4.93. The summed E-state index contributed by atoms with van der Waals surface area (Å²) in [5, 5.41) is 0. The van der Waals surface area contributed by atoms with Gasteiger partial charge in [-0.1, -0.05) is 12.1 Å². The topological polar surface area (TPSA) is 55.3 Å². The maximum absolute atomic E-state index is 11.5. The predicted octanol–water partition coefficient (Wildman–Crippen LogP) is 4.26. The molecule has 0 aromatic carbocycles. The molecule has 0 radical (unpaired) electrons. The first-order valence-corrected chi connectivity index (χ1v) is 9.55. The predicted molar refractivity (Wildman–Crippen MR) is 106 cm³/mol. The third-order valence-corrected chi connectivity index (χ3v) is 5.11. The number of ether oxygens (including phenoxy) is 1. The molecular weight excluding hydrogens is 338 g/mol. The molecule has 5 nitrogen and oxygen atoms in total. The molecule has 142 valence electrons. The molecule has 27 heavy (non-hydrogen) atoms. The second-order valence-electron chi connectivity index (χ2n) is 6.91. The second kappa shape index (κ2) is 8.91. The first-order chi connectivity index (χ1) is 13.1. The molecule has 1 aliphatic rings. The first-order valence-electron chi connectivity index (χ1n) is 9.55. The fraction of sp³-hybridized carbons (Fsp3) is 0.409. The summed E-state index contributed by atoms with van der Waals surface area (Å²) in [5.74, 6) is -0.342. The first kappa shape index (κ1) is 19.2. The zero-order valence-corrected chi connectivity index (χ0v) is 16.3. The molecule has 1 unspecified atom stereocenters. The molecule has 2 atom stereocenters. The van der Waals surface area contributed by atoms with E-state index in [1.807, 2.05) is 24.4 Å². The Balaban J connectivity index is 1.80. The lowest BCUT2D eigenvalue weighted by Gasteiger charge is -2.39. The number of hydrogen-bond acceptors (Lipinski definition) is 5. The molecule has 0 spiro atoms. The van der Waals surface area contributed by atoms with E-state index in [-0.39, 0.29) is 12.0 Å². The minimum atomic E-state index is -0.342. The monoisotopic (exact) mass is 365 g/mol. The zero-order valence-electron chi connectivity index (χ0n) is 16.3. The van der Waals surface area contributed by atoms with Crippen molar-refractivity contribution in [2.45, 2.75) is 45.2 Å². The van der Waals surface area contributed by atoms with Gasteiger partial charge in [0.2, 0.25) is 0 Å². The quantitative estimate of drug-likeness (QED) is 0.585. The van der Waals surface area contributed by atoms with Crippen LogP contribution in [-0.4, -0.2) is 34.5 Å². The Morgan fingerprint density at radius 2 is 2.07 bits per heavy atom. The van der Waals surface area contributed by atoms with Crippen molar-refractivity contribution in [3.8, 4) is 0 Å². The van der Waals surface area contributed by atoms with Crippen LogP contribution in [0.1, 0.15) is 60.9 Å². The van der Waals surface area contributed by atoms with Crippen LogP contribution in [0.15, 0.2) is 42.6 Å². The number of aromatic nitrogens is 2. The van der Waals surface area contributed by atoms with Crippen molar-refractivity contribution in [2.75, 3.05) is 13.7 Å². The largest absolute Gasteiger partial charge is 0.463 e. The van der Waals surface area contributed by atoms with Crippen LogP contribution in [0, 0.1) is 6.92 Å². The maximum atomic E-state index is 11.5. The molecule has 1 fully saturated rings. The van der Waals surface area contributed by atoms with Crippen LogP contribution in [0.4, 0.5) is 0 Å². The van der Waals surface area contributed by atoms with Gasteiger partial charge < -0.3 is 4.74 Å². The van der Waals surface area contributed by atoms with Gasteiger partial charge in [0, 0.05) is 12.3 Å². The zero-order chi connectivity index (χ0) is 19.2. The molecule has 0 N–H and O–H groups in total. The van der Waals surface area contributed by atoms with Gasteiger partial charge in [-0.25, -0.2) is 4.79 Å². The van der Waals surface area contributed by atoms with Crippen molar-refractivity contribution in [3.63, 3.8) is 0 Å². The van der Waals surface area contributed by atoms with Gasteiger partial charge in [0.25, 0.3) is 0 Å². The summed E-state index contributed by atoms with van der Waals surface area (Å²) in [5.41, 5.74) is 4.18. The van der Waals surface area contributed by atoms with E-state index in [1.54, 1.807) is 13.0 Å². The van der Waals surface area contributed by atoms with Gasteiger partial charge in [-0.05, 0) is 70.0 Å². The molecule has 3 heterocycles. The van der Waals surface area contributed by atoms with Crippen LogP contribution < -0.4 is 0 Å². The van der Waals surface area contributed by atoms with Crippen molar-refractivity contribution in [2.24, 2.45) is 0 Å². The van der Waals surface area contributed by atoms with Crippen molar-refractivity contribution >= 4 is 12.0 Å². The molecule has 1 aliphatic heterocycles. The Morgan fingerprint density at radius 3 is 2.85 bits per heavy atom. The summed E-state index contributed by atoms with van der Waals surface area (Å²) in [6.07, 6.45) is 8.33. The Hall–Kier alpha value is -2.53. The number of esters is 1. The number of hydrogen-bond donors (Lipinski definition) is 0. The van der Waals surface area contributed by atoms with Gasteiger partial charge in [-0.15, -0.1) is 0 Å². The highest BCUT2D eigenvalue weighted by Gasteiger charge is 2.31. The Labute approximate surface area is 161 Å². The lowest BCUT2D eigenvalue weighted by Crippen LogP contribution is -2.34. The van der Waals surface area contributed by atoms with Gasteiger partial charge in [-0.3, -0.25) is 14.9 Å². The summed E-state index contributed by atoms with van der Waals surface area (Å²) in [6.45, 7) is 4.29. The van der Waals surface area contributed by atoms with E-state index in [0.717, 1.165) is 36.3 Å². The summed E-state index contributed by atoms with van der Waals surface area (Å²) in [7, 11) is 2.16. The number of piperidine rings is 1. The van der Waals surface area contributed by atoms with Crippen LogP contribution in [0.5, 0.6) is 0 Å². The molecule has 0 aliphatic carbocycles. The fourth-order valence-corrected chi connectivity index (χ4v) is 3.75. The molecule has 5 heteroatoms. The lowest BCUT2D eigenvalue weighted by atomic mass is 9.90. The lowest BCUT2D eigenvalue weighted by molar-refractivity contribution is -0.137.